The minimum absolute atomic E-state index is 0.0922. The Balaban J connectivity index is 4.20. The Morgan fingerprint density at radius 3 is 1.39 bits per heavy atom. The van der Waals surface area contributed by atoms with Gasteiger partial charge in [0.15, 0.2) is 0 Å². The molecule has 0 bridgehead atoms. The van der Waals surface area contributed by atoms with Gasteiger partial charge in [0.25, 0.3) is 0 Å². The van der Waals surface area contributed by atoms with Gasteiger partial charge in [0.1, 0.15) is 0 Å². The van der Waals surface area contributed by atoms with E-state index in [0.29, 0.717) is 12.8 Å². The van der Waals surface area contributed by atoms with Crippen molar-refractivity contribution in [2.45, 2.75) is 212 Å². The molecule has 46 heavy (non-hydrogen) atoms. The molecule has 0 radical (unpaired) electrons. The Morgan fingerprint density at radius 2 is 1.00 bits per heavy atom. The van der Waals surface area contributed by atoms with Crippen molar-refractivity contribution in [2.75, 3.05) is 19.8 Å². The summed E-state index contributed by atoms with van der Waals surface area (Å²) in [7, 11) is -4.30. The van der Waals surface area contributed by atoms with Crippen LogP contribution >= 0.6 is 7.82 Å². The standard InChI is InChI=1S/C37H77N2O6P/c1-3-5-7-9-11-13-15-17-18-19-20-22-24-26-28-30-36(40)35(34-45-46(42,43)44-33-32-38)39-37(41)31-29-27-25-23-21-16-14-12-10-8-6-4-2/h35-36,40H,3-34,38H2,1-2H3,(H,39,41)(H,42,43)/t35-,36+/m0/s1. The summed E-state index contributed by atoms with van der Waals surface area (Å²) in [6.07, 6.45) is 33.9. The van der Waals surface area contributed by atoms with Crippen LogP contribution in [0.15, 0.2) is 0 Å². The molecule has 0 aliphatic rings. The quantitative estimate of drug-likeness (QED) is 0.0380. The number of aliphatic hydroxyl groups excluding tert-OH is 1. The number of amides is 1. The van der Waals surface area contributed by atoms with Gasteiger partial charge in [-0.1, -0.05) is 181 Å². The Morgan fingerprint density at radius 1 is 0.630 bits per heavy atom. The maximum absolute atomic E-state index is 12.7. The molecule has 0 fully saturated rings. The number of hydrogen-bond donors (Lipinski definition) is 4. The molecular weight excluding hydrogens is 599 g/mol. The third kappa shape index (κ3) is 32.1. The fraction of sp³-hybridized carbons (Fsp3) is 0.973. The number of nitrogens with one attached hydrogen (secondary N) is 1. The second-order valence-corrected chi connectivity index (χ2v) is 15.0. The molecular formula is C37H77N2O6P. The van der Waals surface area contributed by atoms with Crippen molar-refractivity contribution in [1.82, 2.24) is 5.32 Å². The average molecular weight is 677 g/mol. The molecule has 0 aliphatic heterocycles. The zero-order chi connectivity index (χ0) is 34.0. The fourth-order valence-corrected chi connectivity index (χ4v) is 6.72. The summed E-state index contributed by atoms with van der Waals surface area (Å²) in [5.74, 6) is -0.160. The lowest BCUT2D eigenvalue weighted by Gasteiger charge is -2.25. The number of aliphatic hydroxyl groups is 1. The van der Waals surface area contributed by atoms with Gasteiger partial charge in [-0.05, 0) is 12.8 Å². The molecule has 5 N–H and O–H groups in total. The van der Waals surface area contributed by atoms with Crippen LogP contribution < -0.4 is 11.1 Å². The molecule has 0 aromatic carbocycles. The molecule has 276 valence electrons. The summed E-state index contributed by atoms with van der Waals surface area (Å²) < 4.78 is 22.1. The lowest BCUT2D eigenvalue weighted by Crippen LogP contribution is -2.46. The number of phosphoric ester groups is 1. The number of nitrogens with two attached hydrogens (primary N) is 1. The van der Waals surface area contributed by atoms with E-state index in [9.17, 15) is 19.4 Å². The number of rotatable bonds is 37. The van der Waals surface area contributed by atoms with Crippen molar-refractivity contribution >= 4 is 13.7 Å². The maximum atomic E-state index is 12.7. The molecule has 0 saturated carbocycles. The van der Waals surface area contributed by atoms with Gasteiger partial charge >= 0.3 is 7.82 Å². The van der Waals surface area contributed by atoms with Gasteiger partial charge in [-0.2, -0.15) is 0 Å². The van der Waals surface area contributed by atoms with Crippen molar-refractivity contribution in [3.05, 3.63) is 0 Å². The summed E-state index contributed by atoms with van der Waals surface area (Å²) in [5.41, 5.74) is 5.36. The Kier molecular flexibility index (Phi) is 34.0. The summed E-state index contributed by atoms with van der Waals surface area (Å²) in [4.78, 5) is 22.6. The summed E-state index contributed by atoms with van der Waals surface area (Å²) >= 11 is 0. The van der Waals surface area contributed by atoms with Crippen LogP contribution in [0.2, 0.25) is 0 Å². The van der Waals surface area contributed by atoms with Crippen LogP contribution in [0.3, 0.4) is 0 Å². The van der Waals surface area contributed by atoms with E-state index in [1.807, 2.05) is 0 Å². The molecule has 1 amide bonds. The normalized spacial score (nSPS) is 14.3. The first kappa shape index (κ1) is 45.5. The largest absolute Gasteiger partial charge is 0.472 e. The molecule has 0 spiro atoms. The first-order chi connectivity index (χ1) is 22.4. The maximum Gasteiger partial charge on any atom is 0.472 e. The molecule has 0 aliphatic carbocycles. The summed E-state index contributed by atoms with van der Waals surface area (Å²) in [6.45, 7) is 4.21. The lowest BCUT2D eigenvalue weighted by atomic mass is 10.0. The molecule has 3 atom stereocenters. The van der Waals surface area contributed by atoms with Crippen LogP contribution in [-0.4, -0.2) is 47.8 Å². The van der Waals surface area contributed by atoms with Gasteiger partial charge < -0.3 is 21.1 Å². The number of carbonyl (C=O) groups excluding carboxylic acids is 1. The van der Waals surface area contributed by atoms with Crippen LogP contribution in [0.5, 0.6) is 0 Å². The van der Waals surface area contributed by atoms with Crippen molar-refractivity contribution in [1.29, 1.82) is 0 Å². The summed E-state index contributed by atoms with van der Waals surface area (Å²) in [6, 6.07) is -0.765. The Labute approximate surface area is 284 Å². The van der Waals surface area contributed by atoms with Gasteiger partial charge in [-0.3, -0.25) is 13.8 Å². The predicted octanol–water partition coefficient (Wildman–Crippen LogP) is 10.3. The third-order valence-electron chi connectivity index (χ3n) is 8.96. The van der Waals surface area contributed by atoms with Gasteiger partial charge in [-0.25, -0.2) is 4.57 Å². The molecule has 1 unspecified atom stereocenters. The number of carbonyl (C=O) groups is 1. The Hall–Kier alpha value is -0.500. The van der Waals surface area contributed by atoms with Gasteiger partial charge in [0, 0.05) is 13.0 Å². The van der Waals surface area contributed by atoms with Crippen LogP contribution in [0, 0.1) is 0 Å². The smallest absolute Gasteiger partial charge is 0.391 e. The second-order valence-electron chi connectivity index (χ2n) is 13.5. The highest BCUT2D eigenvalue weighted by atomic mass is 31.2. The molecule has 0 saturated heterocycles. The van der Waals surface area contributed by atoms with Gasteiger partial charge in [-0.15, -0.1) is 0 Å². The molecule has 0 aromatic rings. The second kappa shape index (κ2) is 34.4. The van der Waals surface area contributed by atoms with Gasteiger partial charge in [0.05, 0.1) is 25.4 Å². The summed E-state index contributed by atoms with van der Waals surface area (Å²) in [5, 5.41) is 13.7. The van der Waals surface area contributed by atoms with E-state index in [1.54, 1.807) is 0 Å². The van der Waals surface area contributed by atoms with Crippen molar-refractivity contribution in [2.24, 2.45) is 5.73 Å². The third-order valence-corrected chi connectivity index (χ3v) is 9.95. The van der Waals surface area contributed by atoms with Crippen molar-refractivity contribution < 1.29 is 28.4 Å². The molecule has 0 aromatic heterocycles. The molecule has 0 rings (SSSR count). The van der Waals surface area contributed by atoms with E-state index in [2.05, 4.69) is 19.2 Å². The SMILES string of the molecule is CCCCCCCCCCCCCCCCC[C@@H](O)[C@H](COP(=O)(O)OCCN)NC(=O)CCCCCCCCCCCCCC. The van der Waals surface area contributed by atoms with Crippen LogP contribution in [0.4, 0.5) is 0 Å². The Bertz CT molecular complexity index is 699. The topological polar surface area (TPSA) is 131 Å². The molecule has 9 heteroatoms. The highest BCUT2D eigenvalue weighted by Crippen LogP contribution is 2.43. The minimum atomic E-state index is -4.30. The lowest BCUT2D eigenvalue weighted by molar-refractivity contribution is -0.123. The van der Waals surface area contributed by atoms with E-state index in [-0.39, 0.29) is 25.7 Å². The molecule has 8 nitrogen and oxygen atoms in total. The van der Waals surface area contributed by atoms with Crippen LogP contribution in [-0.2, 0) is 18.4 Å². The number of unbranched alkanes of at least 4 members (excludes halogenated alkanes) is 25. The first-order valence-corrected chi connectivity index (χ1v) is 21.1. The van der Waals surface area contributed by atoms with E-state index >= 15 is 0 Å². The van der Waals surface area contributed by atoms with E-state index in [0.717, 1.165) is 38.5 Å². The van der Waals surface area contributed by atoms with E-state index in [4.69, 9.17) is 14.8 Å². The average Bonchev–Trinajstić information content (AvgIpc) is 3.04. The molecule has 0 heterocycles. The number of phosphoric acid groups is 1. The van der Waals surface area contributed by atoms with Crippen LogP contribution in [0.25, 0.3) is 0 Å². The number of hydrogen-bond acceptors (Lipinski definition) is 6. The van der Waals surface area contributed by atoms with Crippen LogP contribution in [0.1, 0.15) is 200 Å². The highest BCUT2D eigenvalue weighted by molar-refractivity contribution is 7.47. The van der Waals surface area contributed by atoms with Crippen molar-refractivity contribution in [3.63, 3.8) is 0 Å². The zero-order valence-electron chi connectivity index (χ0n) is 30.3. The monoisotopic (exact) mass is 677 g/mol. The zero-order valence-corrected chi connectivity index (χ0v) is 31.2. The van der Waals surface area contributed by atoms with E-state index in [1.165, 1.54) is 135 Å². The fourth-order valence-electron chi connectivity index (χ4n) is 5.96. The highest BCUT2D eigenvalue weighted by Gasteiger charge is 2.27. The minimum Gasteiger partial charge on any atom is -0.391 e. The van der Waals surface area contributed by atoms with Gasteiger partial charge in [0.2, 0.25) is 5.91 Å². The first-order valence-electron chi connectivity index (χ1n) is 19.7. The van der Waals surface area contributed by atoms with E-state index < -0.39 is 20.0 Å². The van der Waals surface area contributed by atoms with Crippen molar-refractivity contribution in [3.8, 4) is 0 Å². The predicted molar refractivity (Wildman–Crippen MR) is 194 cm³/mol.